The van der Waals surface area contributed by atoms with E-state index in [0.717, 1.165) is 0 Å². The summed E-state index contributed by atoms with van der Waals surface area (Å²) in [6.45, 7) is 4.72. The van der Waals surface area contributed by atoms with Gasteiger partial charge in [-0.3, -0.25) is 14.4 Å². The van der Waals surface area contributed by atoms with Crippen molar-refractivity contribution in [2.75, 3.05) is 12.3 Å². The molecule has 3 unspecified atom stereocenters. The molecule has 0 radical (unpaired) electrons. The average Bonchev–Trinajstić information content (AvgIpc) is 2.50. The van der Waals surface area contributed by atoms with Crippen LogP contribution in [0.5, 0.6) is 0 Å². The van der Waals surface area contributed by atoms with Crippen LogP contribution in [0.2, 0.25) is 0 Å². The highest BCUT2D eigenvalue weighted by Gasteiger charge is 2.22. The molecule has 0 heterocycles. The van der Waals surface area contributed by atoms with E-state index in [4.69, 9.17) is 10.8 Å². The van der Waals surface area contributed by atoms with E-state index in [1.54, 1.807) is 0 Å². The minimum Gasteiger partial charge on any atom is -0.480 e. The van der Waals surface area contributed by atoms with Crippen molar-refractivity contribution in [1.82, 2.24) is 16.0 Å². The first kappa shape index (κ1) is 22.2. The van der Waals surface area contributed by atoms with Crippen molar-refractivity contribution in [2.24, 2.45) is 11.7 Å². The lowest BCUT2D eigenvalue weighted by molar-refractivity contribution is -0.142. The smallest absolute Gasteiger partial charge is 0.326 e. The molecule has 0 saturated heterocycles. The lowest BCUT2D eigenvalue weighted by Gasteiger charge is -2.18. The molecule has 24 heavy (non-hydrogen) atoms. The van der Waals surface area contributed by atoms with Crippen LogP contribution in [0.1, 0.15) is 27.2 Å². The van der Waals surface area contributed by atoms with Gasteiger partial charge in [0.2, 0.25) is 17.7 Å². The molecule has 6 N–H and O–H groups in total. The van der Waals surface area contributed by atoms with Gasteiger partial charge in [-0.1, -0.05) is 13.8 Å². The quantitative estimate of drug-likeness (QED) is 0.260. The Hall–Kier alpha value is -1.81. The van der Waals surface area contributed by atoms with Gasteiger partial charge in [0, 0.05) is 5.75 Å². The largest absolute Gasteiger partial charge is 0.480 e. The van der Waals surface area contributed by atoms with Crippen LogP contribution in [0.4, 0.5) is 0 Å². The summed E-state index contributed by atoms with van der Waals surface area (Å²) in [6, 6.07) is -2.73. The SMILES string of the molecule is CC(C)CC(NC(=O)CNC(=O)C(C)NC(=O)C(N)CS)C(=O)O. The first-order valence-corrected chi connectivity index (χ1v) is 8.18. The molecule has 0 aliphatic rings. The Morgan fingerprint density at radius 3 is 2.12 bits per heavy atom. The summed E-state index contributed by atoms with van der Waals surface area (Å²) in [7, 11) is 0. The number of amides is 3. The van der Waals surface area contributed by atoms with Crippen LogP contribution in [0, 0.1) is 5.92 Å². The van der Waals surface area contributed by atoms with Crippen molar-refractivity contribution >= 4 is 36.3 Å². The molecular weight excluding hydrogens is 336 g/mol. The van der Waals surface area contributed by atoms with Gasteiger partial charge in [-0.2, -0.15) is 12.6 Å². The van der Waals surface area contributed by atoms with Crippen LogP contribution in [0.3, 0.4) is 0 Å². The Labute approximate surface area is 146 Å². The number of nitrogens with one attached hydrogen (secondary N) is 3. The van der Waals surface area contributed by atoms with Gasteiger partial charge >= 0.3 is 5.97 Å². The normalized spacial score (nSPS) is 14.4. The molecule has 138 valence electrons. The Kier molecular flexibility index (Phi) is 10.0. The standard InChI is InChI=1S/C14H26N4O5S/c1-7(2)4-10(14(22)23)18-11(19)5-16-12(20)8(3)17-13(21)9(15)6-24/h7-10,24H,4-6,15H2,1-3H3,(H,16,20)(H,17,21)(H,18,19)(H,22,23). The number of thiol groups is 1. The van der Waals surface area contributed by atoms with Crippen LogP contribution >= 0.6 is 12.6 Å². The Morgan fingerprint density at radius 1 is 1.08 bits per heavy atom. The second-order valence-electron chi connectivity index (χ2n) is 5.83. The van der Waals surface area contributed by atoms with Gasteiger partial charge in [-0.25, -0.2) is 4.79 Å². The summed E-state index contributed by atoms with van der Waals surface area (Å²) in [5, 5.41) is 16.1. The van der Waals surface area contributed by atoms with Gasteiger partial charge < -0.3 is 26.8 Å². The fourth-order valence-corrected chi connectivity index (χ4v) is 1.89. The number of rotatable bonds is 10. The highest BCUT2D eigenvalue weighted by Crippen LogP contribution is 2.04. The number of nitrogens with two attached hydrogens (primary N) is 1. The maximum atomic E-state index is 11.8. The number of aliphatic carboxylic acids is 1. The zero-order chi connectivity index (χ0) is 18.9. The zero-order valence-electron chi connectivity index (χ0n) is 14.0. The lowest BCUT2D eigenvalue weighted by atomic mass is 10.0. The van der Waals surface area contributed by atoms with Crippen LogP contribution in [-0.2, 0) is 19.2 Å². The molecule has 0 aromatic rings. The van der Waals surface area contributed by atoms with Crippen molar-refractivity contribution in [2.45, 2.75) is 45.3 Å². The van der Waals surface area contributed by atoms with Crippen molar-refractivity contribution < 1.29 is 24.3 Å². The molecule has 10 heteroatoms. The first-order chi connectivity index (χ1) is 11.1. The van der Waals surface area contributed by atoms with E-state index in [2.05, 4.69) is 28.6 Å². The second-order valence-corrected chi connectivity index (χ2v) is 6.19. The number of carbonyl (C=O) groups excluding carboxylic acids is 3. The van der Waals surface area contributed by atoms with E-state index in [-0.39, 0.29) is 24.6 Å². The molecule has 0 aliphatic carbocycles. The Balaban J connectivity index is 4.36. The molecule has 0 spiro atoms. The highest BCUT2D eigenvalue weighted by molar-refractivity contribution is 7.80. The van der Waals surface area contributed by atoms with E-state index in [1.165, 1.54) is 6.92 Å². The molecule has 0 aromatic heterocycles. The summed E-state index contributed by atoms with van der Waals surface area (Å²) in [6.07, 6.45) is 0.281. The monoisotopic (exact) mass is 362 g/mol. The molecule has 3 amide bonds. The van der Waals surface area contributed by atoms with E-state index < -0.39 is 41.8 Å². The third-order valence-electron chi connectivity index (χ3n) is 3.05. The average molecular weight is 362 g/mol. The number of hydrogen-bond donors (Lipinski definition) is 6. The molecule has 3 atom stereocenters. The summed E-state index contributed by atoms with van der Waals surface area (Å²) in [5.41, 5.74) is 5.47. The molecule has 0 fully saturated rings. The fourth-order valence-electron chi connectivity index (χ4n) is 1.73. The molecular formula is C14H26N4O5S. The summed E-state index contributed by atoms with van der Waals surface area (Å²) in [5.74, 6) is -2.64. The number of carboxylic acid groups (broad SMARTS) is 1. The van der Waals surface area contributed by atoms with Crippen LogP contribution in [0.15, 0.2) is 0 Å². The number of hydrogen-bond acceptors (Lipinski definition) is 6. The minimum atomic E-state index is -1.13. The molecule has 9 nitrogen and oxygen atoms in total. The zero-order valence-corrected chi connectivity index (χ0v) is 14.9. The van der Waals surface area contributed by atoms with Gasteiger partial charge in [-0.15, -0.1) is 0 Å². The maximum absolute atomic E-state index is 11.8. The van der Waals surface area contributed by atoms with Gasteiger partial charge in [0.15, 0.2) is 0 Å². The number of carboxylic acids is 1. The Morgan fingerprint density at radius 2 is 1.67 bits per heavy atom. The van der Waals surface area contributed by atoms with E-state index in [0.29, 0.717) is 0 Å². The number of carbonyl (C=O) groups is 4. The molecule has 0 rings (SSSR count). The molecule has 0 bridgehead atoms. The van der Waals surface area contributed by atoms with E-state index in [1.807, 2.05) is 13.8 Å². The Bertz CT molecular complexity index is 472. The van der Waals surface area contributed by atoms with Crippen molar-refractivity contribution in [3.05, 3.63) is 0 Å². The predicted octanol–water partition coefficient (Wildman–Crippen LogP) is -1.52. The van der Waals surface area contributed by atoms with Crippen molar-refractivity contribution in [3.63, 3.8) is 0 Å². The highest BCUT2D eigenvalue weighted by atomic mass is 32.1. The maximum Gasteiger partial charge on any atom is 0.326 e. The summed E-state index contributed by atoms with van der Waals surface area (Å²) >= 11 is 3.88. The second kappa shape index (κ2) is 10.9. The van der Waals surface area contributed by atoms with Crippen LogP contribution < -0.4 is 21.7 Å². The summed E-state index contributed by atoms with van der Waals surface area (Å²) in [4.78, 5) is 46.1. The van der Waals surface area contributed by atoms with Crippen LogP contribution in [-0.4, -0.2) is 59.2 Å². The predicted molar refractivity (Wildman–Crippen MR) is 91.5 cm³/mol. The van der Waals surface area contributed by atoms with Crippen molar-refractivity contribution in [3.8, 4) is 0 Å². The van der Waals surface area contributed by atoms with Gasteiger partial charge in [0.05, 0.1) is 12.6 Å². The minimum absolute atomic E-state index is 0.0901. The molecule has 0 aromatic carbocycles. The van der Waals surface area contributed by atoms with Crippen LogP contribution in [0.25, 0.3) is 0 Å². The van der Waals surface area contributed by atoms with Gasteiger partial charge in [0.1, 0.15) is 12.1 Å². The molecule has 0 aliphatic heterocycles. The van der Waals surface area contributed by atoms with Gasteiger partial charge in [0.25, 0.3) is 0 Å². The fraction of sp³-hybridized carbons (Fsp3) is 0.714. The third-order valence-corrected chi connectivity index (χ3v) is 3.44. The summed E-state index contributed by atoms with van der Waals surface area (Å²) < 4.78 is 0. The third kappa shape index (κ3) is 8.73. The van der Waals surface area contributed by atoms with Crippen molar-refractivity contribution in [1.29, 1.82) is 0 Å². The lowest BCUT2D eigenvalue weighted by Crippen LogP contribution is -2.52. The van der Waals surface area contributed by atoms with E-state index >= 15 is 0 Å². The topological polar surface area (TPSA) is 151 Å². The van der Waals surface area contributed by atoms with E-state index in [9.17, 15) is 19.2 Å². The first-order valence-electron chi connectivity index (χ1n) is 7.55. The molecule has 0 saturated carbocycles. The van der Waals surface area contributed by atoms with Gasteiger partial charge in [-0.05, 0) is 19.3 Å².